The largest absolute Gasteiger partial charge is 0.354 e. The van der Waals surface area contributed by atoms with Crippen molar-refractivity contribution in [2.75, 3.05) is 13.1 Å². The molecule has 1 aliphatic heterocycles. The maximum Gasteiger partial charge on any atom is 0.219 e. The summed E-state index contributed by atoms with van der Waals surface area (Å²) >= 11 is 0. The highest BCUT2D eigenvalue weighted by molar-refractivity contribution is 5.75. The number of piperidine rings is 1. The summed E-state index contributed by atoms with van der Waals surface area (Å²) in [5.74, 6) is 0.147. The van der Waals surface area contributed by atoms with Gasteiger partial charge in [0, 0.05) is 18.5 Å². The van der Waals surface area contributed by atoms with Crippen molar-refractivity contribution in [3.05, 3.63) is 0 Å². The molecule has 1 heterocycles. The van der Waals surface area contributed by atoms with Gasteiger partial charge in [-0.15, -0.1) is 0 Å². The predicted molar refractivity (Wildman–Crippen MR) is 53.6 cm³/mol. The van der Waals surface area contributed by atoms with Crippen LogP contribution in [0.4, 0.5) is 0 Å². The molecule has 0 radical (unpaired) electrons. The highest BCUT2D eigenvalue weighted by atomic mass is 16.1. The Morgan fingerprint density at radius 1 is 1.54 bits per heavy atom. The summed E-state index contributed by atoms with van der Waals surface area (Å²) in [6, 6.07) is 0. The van der Waals surface area contributed by atoms with E-state index < -0.39 is 0 Å². The van der Waals surface area contributed by atoms with E-state index in [1.54, 1.807) is 0 Å². The first-order chi connectivity index (χ1) is 6.16. The molecule has 0 spiro atoms. The highest BCUT2D eigenvalue weighted by Gasteiger charge is 2.25. The smallest absolute Gasteiger partial charge is 0.219 e. The van der Waals surface area contributed by atoms with Crippen molar-refractivity contribution in [1.29, 1.82) is 0 Å². The Kier molecular flexibility index (Phi) is 3.72. The van der Waals surface area contributed by atoms with Gasteiger partial charge in [-0.25, -0.2) is 0 Å². The van der Waals surface area contributed by atoms with Crippen LogP contribution >= 0.6 is 0 Å². The molecule has 3 heteroatoms. The first-order valence-corrected chi connectivity index (χ1v) is 5.18. The minimum Gasteiger partial charge on any atom is -0.354 e. The van der Waals surface area contributed by atoms with E-state index in [1.165, 1.54) is 12.8 Å². The van der Waals surface area contributed by atoms with E-state index in [0.29, 0.717) is 6.42 Å². The topological polar surface area (TPSA) is 41.1 Å². The third-order valence-electron chi connectivity index (χ3n) is 2.70. The molecule has 3 nitrogen and oxygen atoms in total. The van der Waals surface area contributed by atoms with Crippen LogP contribution in [-0.4, -0.2) is 24.5 Å². The summed E-state index contributed by atoms with van der Waals surface area (Å²) in [4.78, 5) is 11.1. The molecule has 1 aliphatic rings. The number of hydrogen-bond acceptors (Lipinski definition) is 2. The Morgan fingerprint density at radius 3 is 2.85 bits per heavy atom. The number of nitrogens with one attached hydrogen (secondary N) is 2. The first-order valence-electron chi connectivity index (χ1n) is 5.18. The van der Waals surface area contributed by atoms with Gasteiger partial charge in [-0.1, -0.05) is 13.3 Å². The zero-order chi connectivity index (χ0) is 9.73. The summed E-state index contributed by atoms with van der Waals surface area (Å²) in [6.07, 6.45) is 4.27. The van der Waals surface area contributed by atoms with Gasteiger partial charge < -0.3 is 10.6 Å². The molecule has 1 fully saturated rings. The van der Waals surface area contributed by atoms with E-state index in [4.69, 9.17) is 0 Å². The summed E-state index contributed by atoms with van der Waals surface area (Å²) in [6.45, 7) is 5.91. The molecule has 0 bridgehead atoms. The van der Waals surface area contributed by atoms with Gasteiger partial charge in [0.15, 0.2) is 0 Å². The van der Waals surface area contributed by atoms with E-state index in [2.05, 4.69) is 17.6 Å². The molecular formula is C10H20N2O. The molecular weight excluding hydrogens is 164 g/mol. The average molecular weight is 184 g/mol. The molecule has 2 N–H and O–H groups in total. The molecule has 0 aromatic heterocycles. The lowest BCUT2D eigenvalue weighted by atomic mass is 9.91. The number of amides is 1. The van der Waals surface area contributed by atoms with Gasteiger partial charge in [0.05, 0.1) is 0 Å². The molecule has 13 heavy (non-hydrogen) atoms. The SMILES string of the molecule is CCC(=O)NCC1(C)CCCCN1. The van der Waals surface area contributed by atoms with Crippen molar-refractivity contribution in [2.45, 2.75) is 45.1 Å². The van der Waals surface area contributed by atoms with Crippen LogP contribution in [0.1, 0.15) is 39.5 Å². The molecule has 0 aromatic carbocycles. The lowest BCUT2D eigenvalue weighted by Gasteiger charge is -2.35. The monoisotopic (exact) mass is 184 g/mol. The van der Waals surface area contributed by atoms with Crippen molar-refractivity contribution in [2.24, 2.45) is 0 Å². The van der Waals surface area contributed by atoms with Gasteiger partial charge in [-0.3, -0.25) is 4.79 Å². The van der Waals surface area contributed by atoms with Crippen molar-refractivity contribution in [1.82, 2.24) is 10.6 Å². The second kappa shape index (κ2) is 4.61. The van der Waals surface area contributed by atoms with E-state index >= 15 is 0 Å². The fourth-order valence-corrected chi connectivity index (χ4v) is 1.69. The maximum atomic E-state index is 11.1. The van der Waals surface area contributed by atoms with Crippen LogP contribution in [0.15, 0.2) is 0 Å². The second-order valence-electron chi connectivity index (χ2n) is 4.07. The molecule has 0 saturated carbocycles. The Bertz CT molecular complexity index is 174. The van der Waals surface area contributed by atoms with E-state index in [0.717, 1.165) is 19.5 Å². The highest BCUT2D eigenvalue weighted by Crippen LogP contribution is 2.17. The fourth-order valence-electron chi connectivity index (χ4n) is 1.69. The molecule has 1 atom stereocenters. The summed E-state index contributed by atoms with van der Waals surface area (Å²) in [5, 5.41) is 6.40. The molecule has 0 aromatic rings. The van der Waals surface area contributed by atoms with Gasteiger partial charge in [0.25, 0.3) is 0 Å². The van der Waals surface area contributed by atoms with E-state index in [1.807, 2.05) is 6.92 Å². The van der Waals surface area contributed by atoms with Crippen LogP contribution in [0, 0.1) is 0 Å². The minimum absolute atomic E-state index is 0.128. The van der Waals surface area contributed by atoms with Gasteiger partial charge in [0.2, 0.25) is 5.91 Å². The van der Waals surface area contributed by atoms with Gasteiger partial charge >= 0.3 is 0 Å². The lowest BCUT2D eigenvalue weighted by Crippen LogP contribution is -2.53. The van der Waals surface area contributed by atoms with Crippen LogP contribution in [0.5, 0.6) is 0 Å². The average Bonchev–Trinajstić information content (AvgIpc) is 2.15. The Hall–Kier alpha value is -0.570. The van der Waals surface area contributed by atoms with Crippen LogP contribution < -0.4 is 10.6 Å². The normalized spacial score (nSPS) is 28.5. The third-order valence-corrected chi connectivity index (χ3v) is 2.70. The number of rotatable bonds is 3. The molecule has 1 amide bonds. The molecule has 1 rings (SSSR count). The molecule has 1 saturated heterocycles. The van der Waals surface area contributed by atoms with Crippen LogP contribution in [0.2, 0.25) is 0 Å². The Balaban J connectivity index is 2.28. The number of carbonyl (C=O) groups excluding carboxylic acids is 1. The van der Waals surface area contributed by atoms with Gasteiger partial charge in [-0.05, 0) is 26.3 Å². The number of carbonyl (C=O) groups is 1. The molecule has 1 unspecified atom stereocenters. The van der Waals surface area contributed by atoms with Gasteiger partial charge in [0.1, 0.15) is 0 Å². The van der Waals surface area contributed by atoms with Crippen LogP contribution in [0.25, 0.3) is 0 Å². The summed E-state index contributed by atoms with van der Waals surface area (Å²) < 4.78 is 0. The van der Waals surface area contributed by atoms with Crippen molar-refractivity contribution >= 4 is 5.91 Å². The van der Waals surface area contributed by atoms with E-state index in [9.17, 15) is 4.79 Å². The maximum absolute atomic E-state index is 11.1. The van der Waals surface area contributed by atoms with Crippen LogP contribution in [0.3, 0.4) is 0 Å². The third kappa shape index (κ3) is 3.35. The molecule has 76 valence electrons. The Morgan fingerprint density at radius 2 is 2.31 bits per heavy atom. The summed E-state index contributed by atoms with van der Waals surface area (Å²) in [5.41, 5.74) is 0.128. The second-order valence-corrected chi connectivity index (χ2v) is 4.07. The standard InChI is InChI=1S/C10H20N2O/c1-3-9(13)11-8-10(2)6-4-5-7-12-10/h12H,3-8H2,1-2H3,(H,11,13). The van der Waals surface area contributed by atoms with E-state index in [-0.39, 0.29) is 11.4 Å². The van der Waals surface area contributed by atoms with Crippen molar-refractivity contribution in [3.63, 3.8) is 0 Å². The van der Waals surface area contributed by atoms with Crippen molar-refractivity contribution in [3.8, 4) is 0 Å². The number of hydrogen-bond donors (Lipinski definition) is 2. The Labute approximate surface area is 80.3 Å². The first kappa shape index (κ1) is 10.5. The summed E-state index contributed by atoms with van der Waals surface area (Å²) in [7, 11) is 0. The predicted octanol–water partition coefficient (Wildman–Crippen LogP) is 1.04. The quantitative estimate of drug-likeness (QED) is 0.688. The van der Waals surface area contributed by atoms with Crippen molar-refractivity contribution < 1.29 is 4.79 Å². The van der Waals surface area contributed by atoms with Crippen LogP contribution in [-0.2, 0) is 4.79 Å². The lowest BCUT2D eigenvalue weighted by molar-refractivity contribution is -0.121. The zero-order valence-corrected chi connectivity index (χ0v) is 8.65. The molecule has 0 aliphatic carbocycles. The minimum atomic E-state index is 0.128. The zero-order valence-electron chi connectivity index (χ0n) is 8.65. The fraction of sp³-hybridized carbons (Fsp3) is 0.900. The van der Waals surface area contributed by atoms with Gasteiger partial charge in [-0.2, -0.15) is 0 Å².